The van der Waals surface area contributed by atoms with Crippen LogP contribution in [-0.4, -0.2) is 36.4 Å². The molecule has 5 nitrogen and oxygen atoms in total. The Hall–Kier alpha value is -2.48. The van der Waals surface area contributed by atoms with Crippen molar-refractivity contribution in [2.24, 2.45) is 4.99 Å². The van der Waals surface area contributed by atoms with Gasteiger partial charge in [0.15, 0.2) is 5.96 Å². The van der Waals surface area contributed by atoms with Gasteiger partial charge in [0.2, 0.25) is 5.91 Å². The predicted molar refractivity (Wildman–Crippen MR) is 92.7 cm³/mol. The maximum absolute atomic E-state index is 11.7. The van der Waals surface area contributed by atoms with Crippen molar-refractivity contribution in [1.29, 1.82) is 0 Å². The fourth-order valence-electron chi connectivity index (χ4n) is 2.56. The van der Waals surface area contributed by atoms with Gasteiger partial charge in [-0.1, -0.05) is 30.2 Å². The maximum Gasteiger partial charge on any atom is 0.222 e. The third kappa shape index (κ3) is 5.33. The van der Waals surface area contributed by atoms with E-state index in [0.29, 0.717) is 32.0 Å². The summed E-state index contributed by atoms with van der Waals surface area (Å²) >= 11 is 0. The molecule has 1 amide bonds. The maximum atomic E-state index is 11.7. The van der Waals surface area contributed by atoms with E-state index in [4.69, 9.17) is 6.42 Å². The second kappa shape index (κ2) is 8.84. The minimum atomic E-state index is 0.251. The first kappa shape index (κ1) is 16.9. The van der Waals surface area contributed by atoms with Crippen molar-refractivity contribution in [2.75, 3.05) is 19.6 Å². The van der Waals surface area contributed by atoms with Crippen molar-refractivity contribution in [1.82, 2.24) is 15.5 Å². The summed E-state index contributed by atoms with van der Waals surface area (Å²) in [6.45, 7) is 5.37. The number of amides is 1. The molecule has 0 atom stereocenters. The Balaban J connectivity index is 1.98. The summed E-state index contributed by atoms with van der Waals surface area (Å²) in [4.78, 5) is 18.2. The standard InChI is InChI=1S/C18H24N4O/c1-3-10-20-18(19-4-2)21-13-15-7-5-8-16(12-15)14-22-11-6-9-17(22)23/h1,5,7-8,12H,4,6,9-11,13-14H2,2H3,(H2,19,20,21). The molecule has 122 valence electrons. The first-order chi connectivity index (χ1) is 11.2. The molecule has 0 aromatic heterocycles. The molecule has 1 heterocycles. The van der Waals surface area contributed by atoms with Gasteiger partial charge in [-0.05, 0) is 24.5 Å². The minimum absolute atomic E-state index is 0.251. The van der Waals surface area contributed by atoms with Gasteiger partial charge in [-0.3, -0.25) is 4.79 Å². The van der Waals surface area contributed by atoms with Crippen LogP contribution in [0.15, 0.2) is 29.3 Å². The van der Waals surface area contributed by atoms with E-state index < -0.39 is 0 Å². The van der Waals surface area contributed by atoms with E-state index in [2.05, 4.69) is 33.7 Å². The molecule has 0 unspecified atom stereocenters. The summed E-state index contributed by atoms with van der Waals surface area (Å²) < 4.78 is 0. The first-order valence-electron chi connectivity index (χ1n) is 8.04. The summed E-state index contributed by atoms with van der Waals surface area (Å²) in [6, 6.07) is 8.23. The van der Waals surface area contributed by atoms with Crippen LogP contribution >= 0.6 is 0 Å². The van der Waals surface area contributed by atoms with E-state index >= 15 is 0 Å². The van der Waals surface area contributed by atoms with Crippen LogP contribution in [-0.2, 0) is 17.9 Å². The van der Waals surface area contributed by atoms with Crippen LogP contribution in [0.2, 0.25) is 0 Å². The summed E-state index contributed by atoms with van der Waals surface area (Å²) in [5, 5.41) is 6.23. The van der Waals surface area contributed by atoms with E-state index in [1.165, 1.54) is 0 Å². The molecule has 0 saturated carbocycles. The molecule has 5 heteroatoms. The Morgan fingerprint density at radius 3 is 2.91 bits per heavy atom. The molecule has 0 bridgehead atoms. The summed E-state index contributed by atoms with van der Waals surface area (Å²) in [6.07, 6.45) is 6.91. The van der Waals surface area contributed by atoms with Crippen LogP contribution in [0.1, 0.15) is 30.9 Å². The molecule has 1 aromatic carbocycles. The van der Waals surface area contributed by atoms with Crippen LogP contribution in [0, 0.1) is 12.3 Å². The van der Waals surface area contributed by atoms with Gasteiger partial charge in [0, 0.05) is 26.1 Å². The Morgan fingerprint density at radius 1 is 1.39 bits per heavy atom. The number of carbonyl (C=O) groups excluding carboxylic acids is 1. The number of hydrogen-bond acceptors (Lipinski definition) is 2. The third-order valence-corrected chi connectivity index (χ3v) is 3.66. The first-order valence-corrected chi connectivity index (χ1v) is 8.04. The third-order valence-electron chi connectivity index (χ3n) is 3.66. The van der Waals surface area contributed by atoms with E-state index in [0.717, 1.165) is 30.6 Å². The van der Waals surface area contributed by atoms with Crippen molar-refractivity contribution in [3.8, 4) is 12.3 Å². The monoisotopic (exact) mass is 312 g/mol. The number of carbonyl (C=O) groups is 1. The lowest BCUT2D eigenvalue weighted by atomic mass is 10.1. The van der Waals surface area contributed by atoms with Crippen LogP contribution in [0.4, 0.5) is 0 Å². The van der Waals surface area contributed by atoms with Gasteiger partial charge >= 0.3 is 0 Å². The van der Waals surface area contributed by atoms with E-state index in [-0.39, 0.29) is 5.91 Å². The molecule has 1 aliphatic rings. The van der Waals surface area contributed by atoms with Gasteiger partial charge < -0.3 is 15.5 Å². The average molecular weight is 312 g/mol. The fourth-order valence-corrected chi connectivity index (χ4v) is 2.56. The van der Waals surface area contributed by atoms with Crippen molar-refractivity contribution < 1.29 is 4.79 Å². The summed E-state index contributed by atoms with van der Waals surface area (Å²) in [5.74, 6) is 3.50. The van der Waals surface area contributed by atoms with Crippen LogP contribution < -0.4 is 10.6 Å². The number of nitrogens with one attached hydrogen (secondary N) is 2. The second-order valence-electron chi connectivity index (χ2n) is 5.49. The number of rotatable bonds is 6. The smallest absolute Gasteiger partial charge is 0.222 e. The number of likely N-dealkylation sites (tertiary alicyclic amines) is 1. The predicted octanol–water partition coefficient (Wildman–Crippen LogP) is 1.50. The molecule has 0 radical (unpaired) electrons. The SMILES string of the molecule is C#CCNC(=NCc1cccc(CN2CCCC2=O)c1)NCC. The zero-order valence-electron chi connectivity index (χ0n) is 13.6. The number of guanidine groups is 1. The van der Waals surface area contributed by atoms with Crippen molar-refractivity contribution in [3.63, 3.8) is 0 Å². The van der Waals surface area contributed by atoms with Gasteiger partial charge in [-0.15, -0.1) is 6.42 Å². The Labute approximate surface area is 138 Å². The molecule has 0 aliphatic carbocycles. The molecule has 23 heavy (non-hydrogen) atoms. The zero-order chi connectivity index (χ0) is 16.5. The van der Waals surface area contributed by atoms with Gasteiger partial charge in [0.1, 0.15) is 0 Å². The molecule has 0 spiro atoms. The van der Waals surface area contributed by atoms with E-state index in [9.17, 15) is 4.79 Å². The molecule has 2 N–H and O–H groups in total. The number of benzene rings is 1. The molecule has 1 aromatic rings. The highest BCUT2D eigenvalue weighted by Crippen LogP contribution is 2.15. The highest BCUT2D eigenvalue weighted by atomic mass is 16.2. The second-order valence-corrected chi connectivity index (χ2v) is 5.49. The van der Waals surface area contributed by atoms with E-state index in [1.54, 1.807) is 0 Å². The molecular weight excluding hydrogens is 288 g/mol. The van der Waals surface area contributed by atoms with Gasteiger partial charge in [0.05, 0.1) is 13.1 Å². The minimum Gasteiger partial charge on any atom is -0.357 e. The van der Waals surface area contributed by atoms with Crippen molar-refractivity contribution in [3.05, 3.63) is 35.4 Å². The highest BCUT2D eigenvalue weighted by Gasteiger charge is 2.19. The molecule has 1 saturated heterocycles. The number of terminal acetylenes is 1. The fraction of sp³-hybridized carbons (Fsp3) is 0.444. The Bertz CT molecular complexity index is 603. The Morgan fingerprint density at radius 2 is 2.22 bits per heavy atom. The number of hydrogen-bond donors (Lipinski definition) is 2. The summed E-state index contributed by atoms with van der Waals surface area (Å²) in [7, 11) is 0. The lowest BCUT2D eigenvalue weighted by molar-refractivity contribution is -0.128. The van der Waals surface area contributed by atoms with Crippen molar-refractivity contribution in [2.45, 2.75) is 32.9 Å². The average Bonchev–Trinajstić information content (AvgIpc) is 2.95. The topological polar surface area (TPSA) is 56.7 Å². The van der Waals surface area contributed by atoms with E-state index in [1.807, 2.05) is 24.0 Å². The van der Waals surface area contributed by atoms with Crippen LogP contribution in [0.25, 0.3) is 0 Å². The molecule has 1 aliphatic heterocycles. The Kier molecular flexibility index (Phi) is 6.49. The quantitative estimate of drug-likeness (QED) is 0.475. The molecular formula is C18H24N4O. The van der Waals surface area contributed by atoms with Crippen LogP contribution in [0.3, 0.4) is 0 Å². The van der Waals surface area contributed by atoms with Gasteiger partial charge in [-0.25, -0.2) is 4.99 Å². The van der Waals surface area contributed by atoms with Crippen LogP contribution in [0.5, 0.6) is 0 Å². The number of aliphatic imine (C=N–C) groups is 1. The largest absolute Gasteiger partial charge is 0.357 e. The highest BCUT2D eigenvalue weighted by molar-refractivity contribution is 5.80. The normalized spacial score (nSPS) is 14.7. The lowest BCUT2D eigenvalue weighted by Crippen LogP contribution is -2.37. The summed E-state index contributed by atoms with van der Waals surface area (Å²) in [5.41, 5.74) is 2.27. The lowest BCUT2D eigenvalue weighted by Gasteiger charge is -2.16. The molecule has 1 fully saturated rings. The van der Waals surface area contributed by atoms with Crippen molar-refractivity contribution >= 4 is 11.9 Å². The molecule has 2 rings (SSSR count). The van der Waals surface area contributed by atoms with Gasteiger partial charge in [0.25, 0.3) is 0 Å². The number of nitrogens with zero attached hydrogens (tertiary/aromatic N) is 2. The van der Waals surface area contributed by atoms with Gasteiger partial charge in [-0.2, -0.15) is 0 Å². The zero-order valence-corrected chi connectivity index (χ0v) is 13.6.